The maximum Gasteiger partial charge on any atom is 0.472 e. The van der Waals surface area contributed by atoms with E-state index in [1.54, 1.807) is 6.08 Å². The number of aliphatic hydroxyl groups excluding tert-OH is 1. The minimum Gasteiger partial charge on any atom is -0.387 e. The van der Waals surface area contributed by atoms with Gasteiger partial charge >= 0.3 is 7.82 Å². The number of rotatable bonds is 50. The molecule has 0 aromatic heterocycles. The Morgan fingerprint density at radius 3 is 1.19 bits per heavy atom. The first-order valence-electron chi connectivity index (χ1n) is 27.1. The Morgan fingerprint density at radius 2 is 0.855 bits per heavy atom. The van der Waals surface area contributed by atoms with E-state index in [1.807, 2.05) is 27.2 Å². The molecule has 1 amide bonds. The number of unbranched alkanes of at least 4 members (excludes halogenated alkanes) is 37. The molecule has 0 spiro atoms. The molecule has 0 radical (unpaired) electrons. The largest absolute Gasteiger partial charge is 0.472 e. The van der Waals surface area contributed by atoms with Crippen molar-refractivity contribution in [3.63, 3.8) is 0 Å². The molecule has 0 saturated carbocycles. The van der Waals surface area contributed by atoms with Crippen LogP contribution in [0.15, 0.2) is 12.2 Å². The number of allylic oxidation sites excluding steroid dienone is 1. The highest BCUT2D eigenvalue weighted by atomic mass is 31.2. The van der Waals surface area contributed by atoms with Gasteiger partial charge in [0.2, 0.25) is 5.91 Å². The first-order valence-corrected chi connectivity index (χ1v) is 28.6. The summed E-state index contributed by atoms with van der Waals surface area (Å²) in [6, 6.07) is -0.841. The zero-order valence-corrected chi connectivity index (χ0v) is 43.0. The number of carbonyl (C=O) groups is 1. The van der Waals surface area contributed by atoms with Crippen molar-refractivity contribution in [1.29, 1.82) is 0 Å². The minimum atomic E-state index is -4.34. The van der Waals surface area contributed by atoms with Gasteiger partial charge in [-0.15, -0.1) is 0 Å². The fraction of sp³-hybridized carbons (Fsp3) is 0.943. The Hall–Kier alpha value is -0.760. The van der Waals surface area contributed by atoms with Gasteiger partial charge in [0.05, 0.1) is 39.9 Å². The van der Waals surface area contributed by atoms with E-state index in [0.717, 1.165) is 32.1 Å². The predicted octanol–water partition coefficient (Wildman–Crippen LogP) is 15.9. The third-order valence-electron chi connectivity index (χ3n) is 12.5. The van der Waals surface area contributed by atoms with E-state index < -0.39 is 20.0 Å². The van der Waals surface area contributed by atoms with Crippen LogP contribution in [0, 0.1) is 0 Å². The lowest BCUT2D eigenvalue weighted by atomic mass is 10.0. The SMILES string of the molecule is CCCCCCCCCCCCCCCC/C=C/C(O)C(COP(=O)(O)OCC[N+](C)(C)C)NC(=O)CCCCCCCCCCCCCCCCCCCCCCCCCC. The van der Waals surface area contributed by atoms with Crippen LogP contribution in [0.25, 0.3) is 0 Å². The van der Waals surface area contributed by atoms with Crippen molar-refractivity contribution >= 4 is 13.7 Å². The smallest absolute Gasteiger partial charge is 0.387 e. The molecule has 3 atom stereocenters. The maximum atomic E-state index is 12.9. The molecule has 62 heavy (non-hydrogen) atoms. The summed E-state index contributed by atoms with van der Waals surface area (Å²) in [5.41, 5.74) is 0. The summed E-state index contributed by atoms with van der Waals surface area (Å²) < 4.78 is 23.7. The zero-order valence-electron chi connectivity index (χ0n) is 42.1. The fourth-order valence-corrected chi connectivity index (χ4v) is 8.96. The highest BCUT2D eigenvalue weighted by Gasteiger charge is 2.27. The van der Waals surface area contributed by atoms with Gasteiger partial charge in [0.25, 0.3) is 0 Å². The second kappa shape index (κ2) is 45.4. The number of nitrogens with zero attached hydrogens (tertiary/aromatic N) is 1. The molecule has 0 aliphatic heterocycles. The van der Waals surface area contributed by atoms with E-state index in [2.05, 4.69) is 19.2 Å². The molecule has 3 unspecified atom stereocenters. The van der Waals surface area contributed by atoms with E-state index in [9.17, 15) is 19.4 Å². The normalized spacial score (nSPS) is 14.1. The fourth-order valence-electron chi connectivity index (χ4n) is 8.22. The van der Waals surface area contributed by atoms with Gasteiger partial charge in [-0.05, 0) is 19.3 Å². The van der Waals surface area contributed by atoms with E-state index in [1.165, 1.54) is 218 Å². The zero-order chi connectivity index (χ0) is 45.7. The first kappa shape index (κ1) is 61.2. The molecular formula is C53H108N2O6P+. The number of nitrogens with one attached hydrogen (secondary N) is 1. The molecule has 0 aromatic rings. The lowest BCUT2D eigenvalue weighted by molar-refractivity contribution is -0.870. The highest BCUT2D eigenvalue weighted by molar-refractivity contribution is 7.47. The Kier molecular flexibility index (Phi) is 44.8. The first-order chi connectivity index (χ1) is 30.0. The quantitative estimate of drug-likeness (QED) is 0.0243. The lowest BCUT2D eigenvalue weighted by Crippen LogP contribution is -2.45. The molecule has 9 heteroatoms. The molecule has 8 nitrogen and oxygen atoms in total. The minimum absolute atomic E-state index is 0.0650. The molecule has 0 heterocycles. The van der Waals surface area contributed by atoms with Gasteiger partial charge in [-0.3, -0.25) is 13.8 Å². The van der Waals surface area contributed by atoms with Crippen LogP contribution >= 0.6 is 7.82 Å². The number of carbonyl (C=O) groups excluding carboxylic acids is 1. The molecule has 0 bridgehead atoms. The van der Waals surface area contributed by atoms with Crippen molar-refractivity contribution < 1.29 is 32.9 Å². The molecule has 0 rings (SSSR count). The number of aliphatic hydroxyl groups is 1. The van der Waals surface area contributed by atoms with Crippen molar-refractivity contribution in [2.45, 2.75) is 283 Å². The molecule has 0 saturated heterocycles. The Morgan fingerprint density at radius 1 is 0.532 bits per heavy atom. The summed E-state index contributed by atoms with van der Waals surface area (Å²) in [4.78, 5) is 23.2. The lowest BCUT2D eigenvalue weighted by Gasteiger charge is -2.25. The molecule has 0 fully saturated rings. The summed E-state index contributed by atoms with van der Waals surface area (Å²) in [5, 5.41) is 13.9. The predicted molar refractivity (Wildman–Crippen MR) is 268 cm³/mol. The summed E-state index contributed by atoms with van der Waals surface area (Å²) in [6.45, 7) is 4.86. The second-order valence-electron chi connectivity index (χ2n) is 20.0. The number of phosphoric ester groups is 1. The molecule has 3 N–H and O–H groups in total. The Bertz CT molecular complexity index is 1020. The molecule has 0 aromatic carbocycles. The van der Waals surface area contributed by atoms with E-state index in [0.29, 0.717) is 17.4 Å². The standard InChI is InChI=1S/C53H107N2O6P/c1-6-8-10-12-14-16-18-20-22-24-25-26-27-28-29-30-31-33-35-37-39-41-43-45-47-53(57)54-51(50-61-62(58,59)60-49-48-55(3,4)5)52(56)46-44-42-40-38-36-34-32-23-21-19-17-15-13-11-9-7-2/h44,46,51-52,56H,6-43,45,47-50H2,1-5H3,(H-,54,57,58,59)/p+1/b46-44+. The van der Waals surface area contributed by atoms with Crippen molar-refractivity contribution in [2.24, 2.45) is 0 Å². The van der Waals surface area contributed by atoms with Crippen LogP contribution in [0.2, 0.25) is 0 Å². The highest BCUT2D eigenvalue weighted by Crippen LogP contribution is 2.43. The number of hydrogen-bond acceptors (Lipinski definition) is 5. The van der Waals surface area contributed by atoms with Crippen molar-refractivity contribution in [1.82, 2.24) is 5.32 Å². The topological polar surface area (TPSA) is 105 Å². The van der Waals surface area contributed by atoms with Gasteiger partial charge in [0.15, 0.2) is 0 Å². The van der Waals surface area contributed by atoms with Crippen LogP contribution in [0.5, 0.6) is 0 Å². The average Bonchev–Trinajstić information content (AvgIpc) is 3.23. The maximum absolute atomic E-state index is 12.9. The van der Waals surface area contributed by atoms with Crippen LogP contribution < -0.4 is 5.32 Å². The molecular weight excluding hydrogens is 792 g/mol. The van der Waals surface area contributed by atoms with E-state index >= 15 is 0 Å². The summed E-state index contributed by atoms with van der Waals surface area (Å²) >= 11 is 0. The number of likely N-dealkylation sites (N-methyl/N-ethyl adjacent to an activating group) is 1. The number of phosphoric acid groups is 1. The van der Waals surface area contributed by atoms with Crippen LogP contribution in [0.4, 0.5) is 0 Å². The van der Waals surface area contributed by atoms with Gasteiger partial charge in [0, 0.05) is 6.42 Å². The molecule has 370 valence electrons. The average molecular weight is 900 g/mol. The number of hydrogen-bond donors (Lipinski definition) is 3. The summed E-state index contributed by atoms with van der Waals surface area (Å²) in [6.07, 6.45) is 54.4. The van der Waals surface area contributed by atoms with Gasteiger partial charge in [-0.1, -0.05) is 257 Å². The van der Waals surface area contributed by atoms with Crippen LogP contribution in [-0.4, -0.2) is 73.4 Å². The van der Waals surface area contributed by atoms with Gasteiger partial charge in [-0.25, -0.2) is 4.57 Å². The summed E-state index contributed by atoms with van der Waals surface area (Å²) in [7, 11) is 1.59. The third-order valence-corrected chi connectivity index (χ3v) is 13.5. The van der Waals surface area contributed by atoms with Gasteiger partial charge in [-0.2, -0.15) is 0 Å². The Labute approximate surface area is 386 Å². The Balaban J connectivity index is 4.18. The van der Waals surface area contributed by atoms with Crippen LogP contribution in [0.1, 0.15) is 271 Å². The number of quaternary nitrogens is 1. The van der Waals surface area contributed by atoms with E-state index in [4.69, 9.17) is 9.05 Å². The molecule has 0 aliphatic rings. The van der Waals surface area contributed by atoms with Crippen molar-refractivity contribution in [3.05, 3.63) is 12.2 Å². The van der Waals surface area contributed by atoms with Gasteiger partial charge < -0.3 is 19.8 Å². The van der Waals surface area contributed by atoms with E-state index in [-0.39, 0.29) is 19.1 Å². The third kappa shape index (κ3) is 47.2. The van der Waals surface area contributed by atoms with Gasteiger partial charge in [0.1, 0.15) is 13.2 Å². The number of amides is 1. The monoisotopic (exact) mass is 900 g/mol. The van der Waals surface area contributed by atoms with Crippen LogP contribution in [-0.2, 0) is 18.4 Å². The second-order valence-corrected chi connectivity index (χ2v) is 21.4. The van der Waals surface area contributed by atoms with Crippen LogP contribution in [0.3, 0.4) is 0 Å². The molecule has 0 aliphatic carbocycles. The van der Waals surface area contributed by atoms with Crippen molar-refractivity contribution in [3.8, 4) is 0 Å². The van der Waals surface area contributed by atoms with Crippen molar-refractivity contribution in [2.75, 3.05) is 40.9 Å². The summed E-state index contributed by atoms with van der Waals surface area (Å²) in [5.74, 6) is -0.171.